The van der Waals surface area contributed by atoms with E-state index in [2.05, 4.69) is 15.8 Å². The van der Waals surface area contributed by atoms with Crippen LogP contribution in [0.2, 0.25) is 0 Å². The number of sulfonamides is 1. The molecule has 2 aromatic rings. The molecule has 186 valence electrons. The highest BCUT2D eigenvalue weighted by atomic mass is 32.2. The van der Waals surface area contributed by atoms with Crippen molar-refractivity contribution >= 4 is 27.7 Å². The van der Waals surface area contributed by atoms with Gasteiger partial charge in [0.1, 0.15) is 11.9 Å². The summed E-state index contributed by atoms with van der Waals surface area (Å²) in [5.41, 5.74) is 2.50. The van der Waals surface area contributed by atoms with Crippen LogP contribution >= 0.6 is 0 Å². The second kappa shape index (κ2) is 10.9. The van der Waals surface area contributed by atoms with Crippen molar-refractivity contribution in [2.75, 3.05) is 18.0 Å². The molecule has 9 nitrogen and oxygen atoms in total. The Kier molecular flexibility index (Phi) is 8.12. The maximum absolute atomic E-state index is 12.7. The van der Waals surface area contributed by atoms with Gasteiger partial charge < -0.3 is 9.64 Å². The molecule has 3 rings (SSSR count). The zero-order valence-electron chi connectivity index (χ0n) is 20.4. The minimum atomic E-state index is -3.82. The van der Waals surface area contributed by atoms with Gasteiger partial charge in [-0.05, 0) is 52.2 Å². The van der Waals surface area contributed by atoms with Crippen molar-refractivity contribution in [3.63, 3.8) is 0 Å². The van der Waals surface area contributed by atoms with Crippen LogP contribution in [0, 0.1) is 31.1 Å². The van der Waals surface area contributed by atoms with Crippen molar-refractivity contribution < 1.29 is 22.7 Å². The number of rotatable bonds is 7. The van der Waals surface area contributed by atoms with E-state index in [1.54, 1.807) is 39.0 Å². The summed E-state index contributed by atoms with van der Waals surface area (Å²) in [4.78, 5) is 31.4. The minimum absolute atomic E-state index is 0.243. The second-order valence-corrected chi connectivity index (χ2v) is 10.8. The smallest absolute Gasteiger partial charge is 0.340 e. The summed E-state index contributed by atoms with van der Waals surface area (Å²) in [6.45, 7) is 7.89. The Bertz CT molecular complexity index is 1260. The Balaban J connectivity index is 1.65. The van der Waals surface area contributed by atoms with Crippen LogP contribution < -0.4 is 9.62 Å². The molecule has 1 aromatic heterocycles. The lowest BCUT2D eigenvalue weighted by Crippen LogP contribution is -2.43. The van der Waals surface area contributed by atoms with Crippen LogP contribution in [0.5, 0.6) is 0 Å². The number of esters is 1. The normalized spacial score (nSPS) is 14.5. The van der Waals surface area contributed by atoms with Crippen LogP contribution in [-0.4, -0.2) is 44.5 Å². The van der Waals surface area contributed by atoms with Crippen LogP contribution in [-0.2, 0) is 25.3 Å². The predicted octanol–water partition coefficient (Wildman–Crippen LogP) is 3.00. The number of hydrogen-bond acceptors (Lipinski definition) is 8. The van der Waals surface area contributed by atoms with Gasteiger partial charge in [0, 0.05) is 19.0 Å². The van der Waals surface area contributed by atoms with Gasteiger partial charge in [0.15, 0.2) is 0 Å². The first kappa shape index (κ1) is 26.2. The Morgan fingerprint density at radius 2 is 1.91 bits per heavy atom. The highest BCUT2D eigenvalue weighted by molar-refractivity contribution is 7.89. The molecule has 0 unspecified atom stereocenters. The topological polar surface area (TPSA) is 129 Å². The SMILES string of the molecule is Cc1cccc(CS(=O)(=O)NC(=O)C2CCN(c3nc(C)c(C(=O)OC(C)C)cc3C#N)CC2)c1. The molecular weight excluding hydrogens is 468 g/mol. The molecule has 35 heavy (non-hydrogen) atoms. The predicted molar refractivity (Wildman–Crippen MR) is 131 cm³/mol. The van der Waals surface area contributed by atoms with Gasteiger partial charge in [0.2, 0.25) is 15.9 Å². The van der Waals surface area contributed by atoms with Crippen LogP contribution in [0.1, 0.15) is 59.4 Å². The number of hydrogen-bond donors (Lipinski definition) is 1. The molecule has 1 N–H and O–H groups in total. The molecule has 1 aliphatic heterocycles. The number of ether oxygens (including phenoxy) is 1. The fourth-order valence-corrected chi connectivity index (χ4v) is 5.21. The van der Waals surface area contributed by atoms with Crippen LogP contribution in [0.4, 0.5) is 5.82 Å². The van der Waals surface area contributed by atoms with Gasteiger partial charge in [0.25, 0.3) is 0 Å². The average Bonchev–Trinajstić information content (AvgIpc) is 2.77. The molecule has 1 fully saturated rings. The highest BCUT2D eigenvalue weighted by Crippen LogP contribution is 2.27. The molecule has 1 aliphatic rings. The molecule has 0 atom stereocenters. The summed E-state index contributed by atoms with van der Waals surface area (Å²) in [6.07, 6.45) is 0.529. The molecule has 1 aromatic carbocycles. The molecule has 10 heteroatoms. The van der Waals surface area contributed by atoms with E-state index in [1.165, 1.54) is 6.07 Å². The Morgan fingerprint density at radius 1 is 1.23 bits per heavy atom. The Hall–Kier alpha value is -3.45. The monoisotopic (exact) mass is 498 g/mol. The number of nitrogens with one attached hydrogen (secondary N) is 1. The van der Waals surface area contributed by atoms with E-state index in [1.807, 2.05) is 17.9 Å². The molecule has 0 aliphatic carbocycles. The lowest BCUT2D eigenvalue weighted by atomic mass is 9.96. The van der Waals surface area contributed by atoms with Crippen molar-refractivity contribution in [3.8, 4) is 6.07 Å². The molecule has 0 radical (unpaired) electrons. The van der Waals surface area contributed by atoms with E-state index in [9.17, 15) is 23.3 Å². The number of amides is 1. The van der Waals surface area contributed by atoms with Crippen molar-refractivity contribution in [3.05, 3.63) is 58.3 Å². The van der Waals surface area contributed by atoms with Gasteiger partial charge >= 0.3 is 5.97 Å². The van der Waals surface area contributed by atoms with E-state index in [0.29, 0.717) is 43.0 Å². The Labute approximate surface area is 206 Å². The minimum Gasteiger partial charge on any atom is -0.459 e. The molecule has 0 bridgehead atoms. The molecule has 0 saturated carbocycles. The first-order valence-electron chi connectivity index (χ1n) is 11.5. The van der Waals surface area contributed by atoms with Gasteiger partial charge in [-0.3, -0.25) is 9.52 Å². The van der Waals surface area contributed by atoms with E-state index < -0.39 is 27.8 Å². The number of anilines is 1. The zero-order chi connectivity index (χ0) is 25.8. The molecule has 2 heterocycles. The first-order chi connectivity index (χ1) is 16.5. The summed E-state index contributed by atoms with van der Waals surface area (Å²) in [5.74, 6) is -1.34. The molecule has 1 saturated heterocycles. The van der Waals surface area contributed by atoms with Crippen LogP contribution in [0.25, 0.3) is 0 Å². The summed E-state index contributed by atoms with van der Waals surface area (Å²) in [5, 5.41) is 9.63. The number of aryl methyl sites for hydroxylation is 2. The van der Waals surface area contributed by atoms with Gasteiger partial charge in [-0.2, -0.15) is 5.26 Å². The van der Waals surface area contributed by atoms with E-state index in [0.717, 1.165) is 5.56 Å². The van der Waals surface area contributed by atoms with Crippen LogP contribution in [0.3, 0.4) is 0 Å². The third kappa shape index (κ3) is 6.79. The van der Waals surface area contributed by atoms with Gasteiger partial charge in [-0.25, -0.2) is 18.2 Å². The molecule has 0 spiro atoms. The zero-order valence-corrected chi connectivity index (χ0v) is 21.2. The number of nitrogens with zero attached hydrogens (tertiary/aromatic N) is 3. The molecule has 1 amide bonds. The fraction of sp³-hybridized carbons (Fsp3) is 0.440. The number of piperidine rings is 1. The largest absolute Gasteiger partial charge is 0.459 e. The van der Waals surface area contributed by atoms with E-state index >= 15 is 0 Å². The maximum atomic E-state index is 12.7. The summed E-state index contributed by atoms with van der Waals surface area (Å²) in [6, 6.07) is 10.7. The fourth-order valence-electron chi connectivity index (χ4n) is 4.05. The summed E-state index contributed by atoms with van der Waals surface area (Å²) < 4.78 is 32.4. The summed E-state index contributed by atoms with van der Waals surface area (Å²) >= 11 is 0. The third-order valence-corrected chi connectivity index (χ3v) is 6.96. The number of carbonyl (C=O) groups is 2. The number of nitriles is 1. The van der Waals surface area contributed by atoms with Crippen LogP contribution in [0.15, 0.2) is 30.3 Å². The van der Waals surface area contributed by atoms with Crippen molar-refractivity contribution in [2.45, 2.75) is 52.4 Å². The summed E-state index contributed by atoms with van der Waals surface area (Å²) in [7, 11) is -3.82. The second-order valence-electron chi connectivity index (χ2n) is 9.03. The standard InChI is InChI=1S/C25H30N4O5S/c1-16(2)34-25(31)22-13-21(14-26)23(27-18(22)4)29-10-8-20(9-11-29)24(30)28-35(32,33)15-19-7-5-6-17(3)12-19/h5-7,12-13,16,20H,8-11,15H2,1-4H3,(H,28,30). The number of aromatic nitrogens is 1. The molecular formula is C25H30N4O5S. The van der Waals surface area contributed by atoms with Gasteiger partial charge in [0.05, 0.1) is 28.7 Å². The van der Waals surface area contributed by atoms with E-state index in [-0.39, 0.29) is 23.0 Å². The third-order valence-electron chi connectivity index (χ3n) is 5.74. The lowest BCUT2D eigenvalue weighted by molar-refractivity contribution is -0.123. The van der Waals surface area contributed by atoms with Gasteiger partial charge in [-0.15, -0.1) is 0 Å². The van der Waals surface area contributed by atoms with Crippen molar-refractivity contribution in [1.82, 2.24) is 9.71 Å². The average molecular weight is 499 g/mol. The number of carbonyl (C=O) groups excluding carboxylic acids is 2. The van der Waals surface area contributed by atoms with Crippen molar-refractivity contribution in [2.24, 2.45) is 5.92 Å². The number of benzene rings is 1. The quantitative estimate of drug-likeness (QED) is 0.577. The van der Waals surface area contributed by atoms with Gasteiger partial charge in [-0.1, -0.05) is 29.8 Å². The highest BCUT2D eigenvalue weighted by Gasteiger charge is 2.30. The maximum Gasteiger partial charge on any atom is 0.340 e. The number of pyridine rings is 1. The lowest BCUT2D eigenvalue weighted by Gasteiger charge is -2.32. The Morgan fingerprint density at radius 3 is 2.51 bits per heavy atom. The first-order valence-corrected chi connectivity index (χ1v) is 13.1. The van der Waals surface area contributed by atoms with E-state index in [4.69, 9.17) is 4.74 Å². The van der Waals surface area contributed by atoms with Crippen molar-refractivity contribution in [1.29, 1.82) is 5.26 Å².